The fourth-order valence-corrected chi connectivity index (χ4v) is 2.41. The molecule has 0 unspecified atom stereocenters. The normalized spacial score (nSPS) is 10.7. The molecule has 0 bridgehead atoms. The minimum Gasteiger partial charge on any atom is -0.347 e. The van der Waals surface area contributed by atoms with Crippen molar-refractivity contribution in [2.45, 2.75) is 13.1 Å². The molecule has 7 heteroatoms. The SMILES string of the molecule is Cn1ncc(CN)c1C(=O)NCc1ccc(-c2cnc[nH]2)cc1. The van der Waals surface area contributed by atoms with Gasteiger partial charge < -0.3 is 16.0 Å². The third-order valence-corrected chi connectivity index (χ3v) is 3.67. The number of hydrogen-bond donors (Lipinski definition) is 3. The van der Waals surface area contributed by atoms with Crippen molar-refractivity contribution in [3.63, 3.8) is 0 Å². The topological polar surface area (TPSA) is 102 Å². The Bertz CT molecular complexity index is 789. The van der Waals surface area contributed by atoms with E-state index in [-0.39, 0.29) is 12.5 Å². The lowest BCUT2D eigenvalue weighted by molar-refractivity contribution is 0.0940. The van der Waals surface area contributed by atoms with Gasteiger partial charge in [-0.15, -0.1) is 0 Å². The maximum absolute atomic E-state index is 12.3. The van der Waals surface area contributed by atoms with Crippen LogP contribution in [0.3, 0.4) is 0 Å². The molecule has 0 atom stereocenters. The van der Waals surface area contributed by atoms with E-state index in [9.17, 15) is 4.79 Å². The number of imidazole rings is 1. The van der Waals surface area contributed by atoms with Gasteiger partial charge in [-0.3, -0.25) is 9.48 Å². The fraction of sp³-hybridized carbons (Fsp3) is 0.188. The van der Waals surface area contributed by atoms with Gasteiger partial charge in [0, 0.05) is 25.7 Å². The van der Waals surface area contributed by atoms with Gasteiger partial charge in [0.15, 0.2) is 0 Å². The zero-order valence-corrected chi connectivity index (χ0v) is 12.8. The molecule has 0 aliphatic heterocycles. The summed E-state index contributed by atoms with van der Waals surface area (Å²) in [7, 11) is 1.73. The number of nitrogens with two attached hydrogens (primary N) is 1. The van der Waals surface area contributed by atoms with Crippen LogP contribution in [0.5, 0.6) is 0 Å². The monoisotopic (exact) mass is 310 g/mol. The summed E-state index contributed by atoms with van der Waals surface area (Å²) < 4.78 is 1.54. The molecule has 3 rings (SSSR count). The van der Waals surface area contributed by atoms with E-state index in [1.54, 1.807) is 30.5 Å². The molecular weight excluding hydrogens is 292 g/mol. The molecule has 3 aromatic rings. The molecule has 0 spiro atoms. The van der Waals surface area contributed by atoms with Gasteiger partial charge in [0.25, 0.3) is 5.91 Å². The van der Waals surface area contributed by atoms with Crippen molar-refractivity contribution in [2.24, 2.45) is 12.8 Å². The fourth-order valence-electron chi connectivity index (χ4n) is 2.41. The second-order valence-electron chi connectivity index (χ2n) is 5.19. The van der Waals surface area contributed by atoms with Crippen LogP contribution in [-0.4, -0.2) is 25.7 Å². The number of carbonyl (C=O) groups is 1. The van der Waals surface area contributed by atoms with Crippen LogP contribution in [0.1, 0.15) is 21.6 Å². The molecule has 1 aromatic carbocycles. The molecule has 7 nitrogen and oxygen atoms in total. The first-order valence-electron chi connectivity index (χ1n) is 7.26. The van der Waals surface area contributed by atoms with Gasteiger partial charge in [-0.05, 0) is 11.1 Å². The van der Waals surface area contributed by atoms with Crippen molar-refractivity contribution in [1.29, 1.82) is 0 Å². The van der Waals surface area contributed by atoms with Gasteiger partial charge in [-0.2, -0.15) is 5.10 Å². The number of nitrogens with zero attached hydrogens (tertiary/aromatic N) is 3. The van der Waals surface area contributed by atoms with E-state index >= 15 is 0 Å². The minimum absolute atomic E-state index is 0.178. The third kappa shape index (κ3) is 3.14. The lowest BCUT2D eigenvalue weighted by Gasteiger charge is -2.08. The van der Waals surface area contributed by atoms with Crippen LogP contribution < -0.4 is 11.1 Å². The lowest BCUT2D eigenvalue weighted by atomic mass is 10.1. The molecule has 0 aliphatic rings. The van der Waals surface area contributed by atoms with Crippen molar-refractivity contribution in [3.05, 3.63) is 59.8 Å². The summed E-state index contributed by atoms with van der Waals surface area (Å²) in [6, 6.07) is 7.93. The van der Waals surface area contributed by atoms with Gasteiger partial charge in [-0.25, -0.2) is 4.98 Å². The number of carbonyl (C=O) groups excluding carboxylic acids is 1. The van der Waals surface area contributed by atoms with Crippen LogP contribution in [-0.2, 0) is 20.1 Å². The Morgan fingerprint density at radius 1 is 1.30 bits per heavy atom. The number of amides is 1. The van der Waals surface area contributed by atoms with Crippen LogP contribution in [0.4, 0.5) is 0 Å². The van der Waals surface area contributed by atoms with E-state index < -0.39 is 0 Å². The van der Waals surface area contributed by atoms with Crippen molar-refractivity contribution < 1.29 is 4.79 Å². The minimum atomic E-state index is -0.178. The van der Waals surface area contributed by atoms with Gasteiger partial charge in [0.2, 0.25) is 0 Å². The molecule has 0 radical (unpaired) electrons. The zero-order chi connectivity index (χ0) is 16.2. The first-order chi connectivity index (χ1) is 11.2. The van der Waals surface area contributed by atoms with E-state index in [1.807, 2.05) is 24.3 Å². The smallest absolute Gasteiger partial charge is 0.270 e. The molecule has 0 fully saturated rings. The number of aromatic nitrogens is 4. The van der Waals surface area contributed by atoms with Gasteiger partial charge >= 0.3 is 0 Å². The molecule has 118 valence electrons. The van der Waals surface area contributed by atoms with Crippen LogP contribution in [0, 0.1) is 0 Å². The van der Waals surface area contributed by atoms with Crippen molar-refractivity contribution in [1.82, 2.24) is 25.1 Å². The Balaban J connectivity index is 1.66. The highest BCUT2D eigenvalue weighted by Crippen LogP contribution is 2.16. The Hall–Kier alpha value is -2.93. The number of H-pyrrole nitrogens is 1. The molecule has 0 saturated carbocycles. The lowest BCUT2D eigenvalue weighted by Crippen LogP contribution is -2.26. The standard InChI is InChI=1S/C16H18N6O/c1-22-15(13(6-17)8-21-22)16(23)19-7-11-2-4-12(5-3-11)14-9-18-10-20-14/h2-5,8-10H,6-7,17H2,1H3,(H,18,20)(H,19,23). The highest BCUT2D eigenvalue weighted by Gasteiger charge is 2.15. The highest BCUT2D eigenvalue weighted by atomic mass is 16.2. The van der Waals surface area contributed by atoms with E-state index in [0.717, 1.165) is 22.4 Å². The molecule has 0 aliphatic carbocycles. The van der Waals surface area contributed by atoms with Crippen LogP contribution in [0.15, 0.2) is 43.0 Å². The molecule has 1 amide bonds. The molecular formula is C16H18N6O. The van der Waals surface area contributed by atoms with Gasteiger partial charge in [0.05, 0.1) is 24.4 Å². The van der Waals surface area contributed by atoms with Gasteiger partial charge in [-0.1, -0.05) is 24.3 Å². The Morgan fingerprint density at radius 2 is 2.09 bits per heavy atom. The summed E-state index contributed by atoms with van der Waals surface area (Å²) >= 11 is 0. The highest BCUT2D eigenvalue weighted by molar-refractivity contribution is 5.93. The predicted octanol–water partition coefficient (Wildman–Crippen LogP) is 1.20. The second-order valence-corrected chi connectivity index (χ2v) is 5.19. The number of aromatic amines is 1. The van der Waals surface area contributed by atoms with Crippen molar-refractivity contribution in [3.8, 4) is 11.3 Å². The van der Waals surface area contributed by atoms with Crippen molar-refractivity contribution >= 4 is 5.91 Å². The second kappa shape index (κ2) is 6.45. The maximum Gasteiger partial charge on any atom is 0.270 e. The van der Waals surface area contributed by atoms with E-state index in [1.165, 1.54) is 0 Å². The van der Waals surface area contributed by atoms with Crippen LogP contribution in [0.2, 0.25) is 0 Å². The van der Waals surface area contributed by atoms with Crippen molar-refractivity contribution in [2.75, 3.05) is 0 Å². The van der Waals surface area contributed by atoms with Gasteiger partial charge in [0.1, 0.15) is 5.69 Å². The van der Waals surface area contributed by atoms with E-state index in [4.69, 9.17) is 5.73 Å². The Kier molecular flexibility index (Phi) is 4.20. The average Bonchev–Trinajstić information content (AvgIpc) is 3.22. The largest absolute Gasteiger partial charge is 0.347 e. The summed E-state index contributed by atoms with van der Waals surface area (Å²) in [6.07, 6.45) is 5.04. The predicted molar refractivity (Wildman–Crippen MR) is 86.3 cm³/mol. The quantitative estimate of drug-likeness (QED) is 0.659. The average molecular weight is 310 g/mol. The first-order valence-corrected chi connectivity index (χ1v) is 7.26. The molecule has 4 N–H and O–H groups in total. The zero-order valence-electron chi connectivity index (χ0n) is 12.8. The summed E-state index contributed by atoms with van der Waals surface area (Å²) in [5, 5.41) is 6.97. The first kappa shape index (κ1) is 15.0. The number of rotatable bonds is 5. The molecule has 2 aromatic heterocycles. The molecule has 23 heavy (non-hydrogen) atoms. The number of aryl methyl sites for hydroxylation is 1. The molecule has 2 heterocycles. The van der Waals surface area contributed by atoms with Crippen LogP contribution in [0.25, 0.3) is 11.3 Å². The number of hydrogen-bond acceptors (Lipinski definition) is 4. The number of nitrogens with one attached hydrogen (secondary N) is 2. The van der Waals surface area contributed by atoms with E-state index in [2.05, 4.69) is 20.4 Å². The Morgan fingerprint density at radius 3 is 2.74 bits per heavy atom. The maximum atomic E-state index is 12.3. The summed E-state index contributed by atoms with van der Waals surface area (Å²) in [5.41, 5.74) is 9.89. The Labute approximate surface area is 133 Å². The third-order valence-electron chi connectivity index (χ3n) is 3.67. The summed E-state index contributed by atoms with van der Waals surface area (Å²) in [4.78, 5) is 19.4. The molecule has 0 saturated heterocycles. The van der Waals surface area contributed by atoms with Crippen LogP contribution >= 0.6 is 0 Å². The summed E-state index contributed by atoms with van der Waals surface area (Å²) in [5.74, 6) is -0.178. The summed E-state index contributed by atoms with van der Waals surface area (Å²) in [6.45, 7) is 0.729. The van der Waals surface area contributed by atoms with E-state index in [0.29, 0.717) is 12.2 Å². The number of benzene rings is 1.